The van der Waals surface area contributed by atoms with Crippen molar-refractivity contribution in [3.05, 3.63) is 35.6 Å². The second-order valence-electron chi connectivity index (χ2n) is 2.76. The van der Waals surface area contributed by atoms with Crippen molar-refractivity contribution in [2.75, 3.05) is 13.2 Å². The largest absolute Gasteiger partial charge is 0.396 e. The highest BCUT2D eigenvalue weighted by Crippen LogP contribution is 1.99. The van der Waals surface area contributed by atoms with Gasteiger partial charge in [0.15, 0.2) is 0 Å². The smallest absolute Gasteiger partial charge is 0.123 e. The summed E-state index contributed by atoms with van der Waals surface area (Å²) >= 11 is 0. The number of halogens is 1. The monoisotopic (exact) mass is 196 g/mol. The third-order valence-corrected chi connectivity index (χ3v) is 1.59. The molecule has 0 atom stereocenters. The molecule has 76 valence electrons. The van der Waals surface area contributed by atoms with Crippen LogP contribution in [0.4, 0.5) is 4.39 Å². The quantitative estimate of drug-likeness (QED) is 0.441. The van der Waals surface area contributed by atoms with Gasteiger partial charge in [-0.2, -0.15) is 0 Å². The van der Waals surface area contributed by atoms with Crippen LogP contribution >= 0.6 is 0 Å². The van der Waals surface area contributed by atoms with Gasteiger partial charge in [0, 0.05) is 0 Å². The highest BCUT2D eigenvalue weighted by molar-refractivity contribution is 5.78. The molecular formula is C10H13FN2O. The minimum absolute atomic E-state index is 0.258. The number of oxime groups is 1. The summed E-state index contributed by atoms with van der Waals surface area (Å²) in [6, 6.07) is 6.01. The first kappa shape index (κ1) is 10.7. The van der Waals surface area contributed by atoms with Crippen LogP contribution in [0.2, 0.25) is 0 Å². The van der Waals surface area contributed by atoms with E-state index in [1.54, 1.807) is 12.1 Å². The third-order valence-electron chi connectivity index (χ3n) is 1.59. The van der Waals surface area contributed by atoms with E-state index in [0.29, 0.717) is 13.2 Å². The minimum atomic E-state index is -0.258. The van der Waals surface area contributed by atoms with Gasteiger partial charge >= 0.3 is 0 Å². The molecule has 1 aromatic rings. The lowest BCUT2D eigenvalue weighted by atomic mass is 10.2. The summed E-state index contributed by atoms with van der Waals surface area (Å²) in [6.07, 6.45) is 2.32. The van der Waals surface area contributed by atoms with E-state index in [2.05, 4.69) is 5.16 Å². The Morgan fingerprint density at radius 2 is 2.07 bits per heavy atom. The summed E-state index contributed by atoms with van der Waals surface area (Å²) in [4.78, 5) is 4.90. The lowest BCUT2D eigenvalue weighted by molar-refractivity contribution is 0.145. The maximum Gasteiger partial charge on any atom is 0.123 e. The van der Waals surface area contributed by atoms with Crippen LogP contribution in [0.5, 0.6) is 0 Å². The van der Waals surface area contributed by atoms with E-state index in [9.17, 15) is 4.39 Å². The summed E-state index contributed by atoms with van der Waals surface area (Å²) < 4.78 is 12.5. The molecular weight excluding hydrogens is 183 g/mol. The van der Waals surface area contributed by atoms with Gasteiger partial charge in [0.05, 0.1) is 6.21 Å². The zero-order chi connectivity index (χ0) is 10.2. The Kier molecular flexibility index (Phi) is 4.64. The zero-order valence-corrected chi connectivity index (χ0v) is 7.82. The molecule has 0 aliphatic carbocycles. The van der Waals surface area contributed by atoms with Crippen LogP contribution in [0.15, 0.2) is 29.4 Å². The van der Waals surface area contributed by atoms with Gasteiger partial charge in [-0.25, -0.2) is 4.39 Å². The van der Waals surface area contributed by atoms with Crippen molar-refractivity contribution in [2.24, 2.45) is 10.9 Å². The standard InChI is InChI=1S/C10H13FN2O/c11-10-4-2-9(3-5-10)8-13-14-7-1-6-12/h2-5,8H,1,6-7,12H2. The summed E-state index contributed by atoms with van der Waals surface area (Å²) in [7, 11) is 0. The lowest BCUT2D eigenvalue weighted by Gasteiger charge is -1.96. The molecule has 3 nitrogen and oxygen atoms in total. The molecule has 0 saturated heterocycles. The molecule has 2 N–H and O–H groups in total. The van der Waals surface area contributed by atoms with Crippen LogP contribution in [-0.4, -0.2) is 19.4 Å². The number of hydrogen-bond donors (Lipinski definition) is 1. The van der Waals surface area contributed by atoms with Crippen molar-refractivity contribution in [1.29, 1.82) is 0 Å². The maximum absolute atomic E-state index is 12.5. The van der Waals surface area contributed by atoms with Crippen LogP contribution in [-0.2, 0) is 4.84 Å². The van der Waals surface area contributed by atoms with Crippen molar-refractivity contribution < 1.29 is 9.23 Å². The predicted octanol–water partition coefficient (Wildman–Crippen LogP) is 1.53. The minimum Gasteiger partial charge on any atom is -0.396 e. The van der Waals surface area contributed by atoms with Gasteiger partial charge in [0.1, 0.15) is 12.4 Å². The molecule has 0 radical (unpaired) electrons. The van der Waals surface area contributed by atoms with Crippen LogP contribution in [0, 0.1) is 5.82 Å². The molecule has 0 aliphatic heterocycles. The Labute approximate surface area is 82.4 Å². The normalized spacial score (nSPS) is 10.7. The first-order valence-electron chi connectivity index (χ1n) is 4.44. The SMILES string of the molecule is NCCCON=Cc1ccc(F)cc1. The summed E-state index contributed by atoms with van der Waals surface area (Å²) in [6.45, 7) is 1.10. The summed E-state index contributed by atoms with van der Waals surface area (Å²) in [5.41, 5.74) is 6.07. The molecule has 1 rings (SSSR count). The Morgan fingerprint density at radius 3 is 2.71 bits per heavy atom. The molecule has 0 heterocycles. The van der Waals surface area contributed by atoms with Gasteiger partial charge in [-0.3, -0.25) is 0 Å². The van der Waals surface area contributed by atoms with Gasteiger partial charge < -0.3 is 10.6 Å². The average Bonchev–Trinajstić information content (AvgIpc) is 2.21. The Hall–Kier alpha value is -1.42. The van der Waals surface area contributed by atoms with Crippen molar-refractivity contribution in [3.63, 3.8) is 0 Å². The molecule has 0 aliphatic rings. The van der Waals surface area contributed by atoms with E-state index < -0.39 is 0 Å². The van der Waals surface area contributed by atoms with Gasteiger partial charge in [-0.05, 0) is 30.7 Å². The second-order valence-corrected chi connectivity index (χ2v) is 2.76. The predicted molar refractivity (Wildman–Crippen MR) is 53.6 cm³/mol. The lowest BCUT2D eigenvalue weighted by Crippen LogP contribution is -2.02. The van der Waals surface area contributed by atoms with Crippen molar-refractivity contribution in [1.82, 2.24) is 0 Å². The van der Waals surface area contributed by atoms with E-state index >= 15 is 0 Å². The van der Waals surface area contributed by atoms with Crippen molar-refractivity contribution in [2.45, 2.75) is 6.42 Å². The highest BCUT2D eigenvalue weighted by Gasteiger charge is 1.89. The molecule has 0 saturated carbocycles. The fourth-order valence-corrected chi connectivity index (χ4v) is 0.848. The topological polar surface area (TPSA) is 47.6 Å². The molecule has 0 amide bonds. The van der Waals surface area contributed by atoms with Gasteiger partial charge in [-0.1, -0.05) is 17.3 Å². The highest BCUT2D eigenvalue weighted by atomic mass is 19.1. The van der Waals surface area contributed by atoms with Crippen molar-refractivity contribution in [3.8, 4) is 0 Å². The first-order valence-corrected chi connectivity index (χ1v) is 4.44. The second kappa shape index (κ2) is 6.10. The number of rotatable bonds is 5. The molecule has 0 fully saturated rings. The van der Waals surface area contributed by atoms with E-state index in [-0.39, 0.29) is 5.82 Å². The zero-order valence-electron chi connectivity index (χ0n) is 7.82. The molecule has 0 aromatic heterocycles. The van der Waals surface area contributed by atoms with Crippen molar-refractivity contribution >= 4 is 6.21 Å². The fraction of sp³-hybridized carbons (Fsp3) is 0.300. The maximum atomic E-state index is 12.5. The van der Waals surface area contributed by atoms with Crippen LogP contribution < -0.4 is 5.73 Å². The molecule has 4 heteroatoms. The molecule has 0 spiro atoms. The van der Waals surface area contributed by atoms with Gasteiger partial charge in [0.25, 0.3) is 0 Å². The summed E-state index contributed by atoms with van der Waals surface area (Å²) in [5, 5.41) is 3.71. The number of benzene rings is 1. The van der Waals surface area contributed by atoms with Crippen LogP contribution in [0.3, 0.4) is 0 Å². The third kappa shape index (κ3) is 4.00. The molecule has 1 aromatic carbocycles. The number of nitrogens with two attached hydrogens (primary N) is 1. The average molecular weight is 196 g/mol. The van der Waals surface area contributed by atoms with E-state index in [0.717, 1.165) is 12.0 Å². The summed E-state index contributed by atoms with van der Waals surface area (Å²) in [5.74, 6) is -0.258. The van der Waals surface area contributed by atoms with Gasteiger partial charge in [0.2, 0.25) is 0 Å². The van der Waals surface area contributed by atoms with E-state index in [1.807, 2.05) is 0 Å². The number of hydrogen-bond acceptors (Lipinski definition) is 3. The Morgan fingerprint density at radius 1 is 1.36 bits per heavy atom. The Bertz CT molecular complexity index is 285. The molecule has 14 heavy (non-hydrogen) atoms. The molecule has 0 unspecified atom stereocenters. The fourth-order valence-electron chi connectivity index (χ4n) is 0.848. The number of nitrogens with zero attached hydrogens (tertiary/aromatic N) is 1. The van der Waals surface area contributed by atoms with Gasteiger partial charge in [-0.15, -0.1) is 0 Å². The molecule has 0 bridgehead atoms. The van der Waals surface area contributed by atoms with E-state index in [4.69, 9.17) is 10.6 Å². The van der Waals surface area contributed by atoms with E-state index in [1.165, 1.54) is 18.3 Å². The van der Waals surface area contributed by atoms with Crippen LogP contribution in [0.25, 0.3) is 0 Å². The first-order chi connectivity index (χ1) is 6.83. The Balaban J connectivity index is 2.33. The van der Waals surface area contributed by atoms with Crippen LogP contribution in [0.1, 0.15) is 12.0 Å².